The zero-order chi connectivity index (χ0) is 13.2. The average Bonchev–Trinajstić information content (AvgIpc) is 2.73. The lowest BCUT2D eigenvalue weighted by Gasteiger charge is -2.23. The quantitative estimate of drug-likeness (QED) is 0.662. The van der Waals surface area contributed by atoms with E-state index in [1.54, 1.807) is 0 Å². The van der Waals surface area contributed by atoms with E-state index < -0.39 is 16.4 Å². The van der Waals surface area contributed by atoms with Gasteiger partial charge in [-0.05, 0) is 31.9 Å². The first kappa shape index (κ1) is 12.8. The normalized spacial score (nSPS) is 23.0. The van der Waals surface area contributed by atoms with Gasteiger partial charge in [0, 0.05) is 13.2 Å². The zero-order valence-electron chi connectivity index (χ0n) is 10.1. The van der Waals surface area contributed by atoms with Gasteiger partial charge in [0.1, 0.15) is 5.69 Å². The maximum Gasteiger partial charge on any atom is 0.327 e. The number of nitro benzene ring substituents is 1. The summed E-state index contributed by atoms with van der Waals surface area (Å²) in [7, 11) is 0. The van der Waals surface area contributed by atoms with Gasteiger partial charge in [-0.1, -0.05) is 6.07 Å². The number of para-hydroxylation sites is 1. The Morgan fingerprint density at radius 3 is 3.00 bits per heavy atom. The van der Waals surface area contributed by atoms with Gasteiger partial charge in [0.2, 0.25) is 5.82 Å². The summed E-state index contributed by atoms with van der Waals surface area (Å²) >= 11 is 0. The Balaban J connectivity index is 2.14. The predicted molar refractivity (Wildman–Crippen MR) is 65.1 cm³/mol. The van der Waals surface area contributed by atoms with Crippen molar-refractivity contribution in [3.63, 3.8) is 0 Å². The van der Waals surface area contributed by atoms with Crippen molar-refractivity contribution >= 4 is 11.4 Å². The molecule has 98 valence electrons. The number of anilines is 1. The van der Waals surface area contributed by atoms with E-state index >= 15 is 0 Å². The fourth-order valence-electron chi connectivity index (χ4n) is 2.10. The van der Waals surface area contributed by atoms with Crippen LogP contribution in [0.15, 0.2) is 18.2 Å². The molecule has 0 amide bonds. The second-order valence-electron chi connectivity index (χ2n) is 4.65. The lowest BCUT2D eigenvalue weighted by Crippen LogP contribution is -2.32. The molecule has 1 saturated heterocycles. The Kier molecular flexibility index (Phi) is 3.47. The highest BCUT2D eigenvalue weighted by atomic mass is 19.1. The minimum atomic E-state index is -0.831. The first-order valence-corrected chi connectivity index (χ1v) is 5.83. The van der Waals surface area contributed by atoms with Crippen molar-refractivity contribution in [2.24, 2.45) is 0 Å². The Morgan fingerprint density at radius 2 is 2.39 bits per heavy atom. The van der Waals surface area contributed by atoms with Crippen LogP contribution in [-0.2, 0) is 4.74 Å². The molecular weight excluding hydrogens is 239 g/mol. The smallest absolute Gasteiger partial charge is 0.327 e. The van der Waals surface area contributed by atoms with Crippen molar-refractivity contribution in [1.29, 1.82) is 0 Å². The molecule has 0 bridgehead atoms. The highest BCUT2D eigenvalue weighted by Gasteiger charge is 2.30. The highest BCUT2D eigenvalue weighted by Crippen LogP contribution is 2.30. The van der Waals surface area contributed by atoms with Crippen molar-refractivity contribution in [1.82, 2.24) is 0 Å². The molecule has 1 atom stereocenters. The molecule has 1 aromatic rings. The highest BCUT2D eigenvalue weighted by molar-refractivity contribution is 5.62. The second kappa shape index (κ2) is 4.89. The van der Waals surface area contributed by atoms with Crippen molar-refractivity contribution in [3.05, 3.63) is 34.1 Å². The molecule has 1 N–H and O–H groups in total. The average molecular weight is 254 g/mol. The van der Waals surface area contributed by atoms with E-state index in [4.69, 9.17) is 4.74 Å². The molecule has 0 radical (unpaired) electrons. The van der Waals surface area contributed by atoms with Crippen LogP contribution in [0.5, 0.6) is 0 Å². The second-order valence-corrected chi connectivity index (χ2v) is 4.65. The maximum absolute atomic E-state index is 13.4. The van der Waals surface area contributed by atoms with Crippen LogP contribution in [0.2, 0.25) is 0 Å². The fourth-order valence-corrected chi connectivity index (χ4v) is 2.10. The van der Waals surface area contributed by atoms with Crippen molar-refractivity contribution < 1.29 is 14.1 Å². The Bertz CT molecular complexity index is 459. The summed E-state index contributed by atoms with van der Waals surface area (Å²) in [6.07, 6.45) is 1.87. The Hall–Kier alpha value is -1.69. The summed E-state index contributed by atoms with van der Waals surface area (Å²) in [5.41, 5.74) is -0.656. The van der Waals surface area contributed by atoms with Crippen LogP contribution in [0.3, 0.4) is 0 Å². The Morgan fingerprint density at radius 1 is 1.61 bits per heavy atom. The standard InChI is InChI=1S/C12H15FN2O3/c1-12(6-3-7-18-12)8-14-10-5-2-4-9(13)11(10)15(16)17/h2,4-5,14H,3,6-8H2,1H3. The van der Waals surface area contributed by atoms with Gasteiger partial charge in [0.05, 0.1) is 10.5 Å². The summed E-state index contributed by atoms with van der Waals surface area (Å²) in [6.45, 7) is 3.07. The molecule has 1 aliphatic rings. The van der Waals surface area contributed by atoms with Gasteiger partial charge in [-0.15, -0.1) is 0 Å². The van der Waals surface area contributed by atoms with Crippen LogP contribution < -0.4 is 5.32 Å². The minimum Gasteiger partial charge on any atom is -0.377 e. The molecule has 1 aliphatic heterocycles. The van der Waals surface area contributed by atoms with Crippen LogP contribution in [0.1, 0.15) is 19.8 Å². The fraction of sp³-hybridized carbons (Fsp3) is 0.500. The van der Waals surface area contributed by atoms with E-state index in [9.17, 15) is 14.5 Å². The van der Waals surface area contributed by atoms with Crippen LogP contribution in [-0.4, -0.2) is 23.7 Å². The van der Waals surface area contributed by atoms with Gasteiger partial charge in [-0.2, -0.15) is 4.39 Å². The van der Waals surface area contributed by atoms with E-state index in [0.29, 0.717) is 13.2 Å². The molecule has 0 aliphatic carbocycles. The van der Waals surface area contributed by atoms with Gasteiger partial charge < -0.3 is 10.1 Å². The molecule has 5 nitrogen and oxygen atoms in total. The van der Waals surface area contributed by atoms with E-state index in [0.717, 1.165) is 18.9 Å². The van der Waals surface area contributed by atoms with Crippen LogP contribution in [0.25, 0.3) is 0 Å². The Labute approximate surface area is 104 Å². The largest absolute Gasteiger partial charge is 0.377 e. The summed E-state index contributed by atoms with van der Waals surface area (Å²) in [4.78, 5) is 10.1. The maximum atomic E-state index is 13.4. The molecule has 1 aromatic carbocycles. The van der Waals surface area contributed by atoms with Crippen molar-refractivity contribution in [2.45, 2.75) is 25.4 Å². The lowest BCUT2D eigenvalue weighted by atomic mass is 10.0. The lowest BCUT2D eigenvalue weighted by molar-refractivity contribution is -0.386. The van der Waals surface area contributed by atoms with E-state index in [1.165, 1.54) is 12.1 Å². The zero-order valence-corrected chi connectivity index (χ0v) is 10.1. The molecule has 6 heteroatoms. The van der Waals surface area contributed by atoms with Gasteiger partial charge >= 0.3 is 5.69 Å². The number of hydrogen-bond donors (Lipinski definition) is 1. The van der Waals surface area contributed by atoms with E-state index in [1.807, 2.05) is 6.92 Å². The summed E-state index contributed by atoms with van der Waals surface area (Å²) in [6, 6.07) is 4.03. The molecule has 1 fully saturated rings. The van der Waals surface area contributed by atoms with Gasteiger partial charge in [0.15, 0.2) is 0 Å². The molecule has 1 heterocycles. The third-order valence-electron chi connectivity index (χ3n) is 3.12. The number of hydrogen-bond acceptors (Lipinski definition) is 4. The number of rotatable bonds is 4. The number of ether oxygens (including phenoxy) is 1. The molecule has 2 rings (SSSR count). The number of nitrogens with one attached hydrogen (secondary N) is 1. The van der Waals surface area contributed by atoms with Gasteiger partial charge in [0.25, 0.3) is 0 Å². The SMILES string of the molecule is CC1(CNc2cccc(F)c2[N+](=O)[O-])CCCO1. The minimum absolute atomic E-state index is 0.191. The third-order valence-corrected chi connectivity index (χ3v) is 3.12. The van der Waals surface area contributed by atoms with Crippen LogP contribution in [0, 0.1) is 15.9 Å². The third kappa shape index (κ3) is 2.59. The van der Waals surface area contributed by atoms with Crippen molar-refractivity contribution in [2.75, 3.05) is 18.5 Å². The van der Waals surface area contributed by atoms with Crippen molar-refractivity contribution in [3.8, 4) is 0 Å². The number of benzene rings is 1. The van der Waals surface area contributed by atoms with Gasteiger partial charge in [-0.25, -0.2) is 0 Å². The predicted octanol–water partition coefficient (Wildman–Crippen LogP) is 2.71. The summed E-state index contributed by atoms with van der Waals surface area (Å²) in [5, 5.41) is 13.7. The van der Waals surface area contributed by atoms with E-state index in [-0.39, 0.29) is 11.3 Å². The monoisotopic (exact) mass is 254 g/mol. The number of nitrogens with zero attached hydrogens (tertiary/aromatic N) is 1. The number of halogens is 1. The molecule has 0 spiro atoms. The van der Waals surface area contributed by atoms with E-state index in [2.05, 4.69) is 5.32 Å². The summed E-state index contributed by atoms with van der Waals surface area (Å²) < 4.78 is 19.0. The van der Waals surface area contributed by atoms with Gasteiger partial charge in [-0.3, -0.25) is 10.1 Å². The topological polar surface area (TPSA) is 64.4 Å². The summed E-state index contributed by atoms with van der Waals surface area (Å²) in [5.74, 6) is -0.831. The number of nitro groups is 1. The first-order chi connectivity index (χ1) is 8.52. The molecule has 0 saturated carbocycles. The molecule has 1 unspecified atom stereocenters. The molecular formula is C12H15FN2O3. The van der Waals surface area contributed by atoms with Crippen LogP contribution >= 0.6 is 0 Å². The first-order valence-electron chi connectivity index (χ1n) is 5.83. The molecule has 0 aromatic heterocycles. The van der Waals surface area contributed by atoms with Crippen LogP contribution in [0.4, 0.5) is 15.8 Å². The molecule has 18 heavy (non-hydrogen) atoms.